The summed E-state index contributed by atoms with van der Waals surface area (Å²) >= 11 is 1.51. The zero-order chi connectivity index (χ0) is 18.3. The molecule has 1 aromatic heterocycles. The van der Waals surface area contributed by atoms with Crippen LogP contribution in [0.3, 0.4) is 0 Å². The number of aromatic nitrogens is 1. The van der Waals surface area contributed by atoms with E-state index in [9.17, 15) is 4.79 Å². The van der Waals surface area contributed by atoms with Gasteiger partial charge in [-0.3, -0.25) is 9.79 Å². The number of hydrogen-bond donors (Lipinski definition) is 0. The lowest BCUT2D eigenvalue weighted by Crippen LogP contribution is -2.27. The van der Waals surface area contributed by atoms with Crippen molar-refractivity contribution < 1.29 is 4.79 Å². The fourth-order valence-electron chi connectivity index (χ4n) is 3.02. The van der Waals surface area contributed by atoms with Crippen molar-refractivity contribution in [2.24, 2.45) is 10.1 Å². The predicted octanol–water partition coefficient (Wildman–Crippen LogP) is 3.28. The van der Waals surface area contributed by atoms with Crippen molar-refractivity contribution >= 4 is 28.6 Å². The monoisotopic (exact) mass is 362 g/mol. The third-order valence-electron chi connectivity index (χ3n) is 4.45. The molecule has 1 aliphatic rings. The number of para-hydroxylation sites is 1. The van der Waals surface area contributed by atoms with E-state index < -0.39 is 0 Å². The van der Waals surface area contributed by atoms with E-state index in [0.29, 0.717) is 5.71 Å². The lowest BCUT2D eigenvalue weighted by molar-refractivity contribution is -0.112. The van der Waals surface area contributed by atoms with Crippen molar-refractivity contribution in [2.45, 2.75) is 6.92 Å². The zero-order valence-corrected chi connectivity index (χ0v) is 15.6. The van der Waals surface area contributed by atoms with Gasteiger partial charge in [0.1, 0.15) is 0 Å². The Morgan fingerprint density at radius 2 is 1.77 bits per heavy atom. The van der Waals surface area contributed by atoms with Crippen LogP contribution in [0, 0.1) is 6.92 Å². The molecular formula is C20H18N4OS. The van der Waals surface area contributed by atoms with Crippen LogP contribution in [0.4, 0.5) is 5.69 Å². The smallest absolute Gasteiger partial charge is 0.279 e. The number of anilines is 1. The van der Waals surface area contributed by atoms with Crippen LogP contribution < -0.4 is 9.70 Å². The Hall–Kier alpha value is -2.99. The number of carbonyl (C=O) groups is 1. The van der Waals surface area contributed by atoms with Crippen LogP contribution in [0.5, 0.6) is 0 Å². The van der Waals surface area contributed by atoms with Gasteiger partial charge in [0.15, 0.2) is 5.71 Å². The second-order valence-corrected chi connectivity index (χ2v) is 6.97. The highest BCUT2D eigenvalue weighted by atomic mass is 32.1. The van der Waals surface area contributed by atoms with E-state index in [1.165, 1.54) is 16.9 Å². The summed E-state index contributed by atoms with van der Waals surface area (Å²) in [5.74, 6) is -0.109. The fourth-order valence-corrected chi connectivity index (χ4v) is 3.81. The van der Waals surface area contributed by atoms with Gasteiger partial charge >= 0.3 is 0 Å². The average molecular weight is 362 g/mol. The van der Waals surface area contributed by atoms with Crippen LogP contribution in [-0.4, -0.2) is 30.4 Å². The van der Waals surface area contributed by atoms with Crippen LogP contribution in [0.2, 0.25) is 0 Å². The molecule has 0 radical (unpaired) electrons. The Bertz CT molecular complexity index is 1090. The zero-order valence-electron chi connectivity index (χ0n) is 14.8. The van der Waals surface area contributed by atoms with E-state index >= 15 is 0 Å². The van der Waals surface area contributed by atoms with Gasteiger partial charge in [-0.1, -0.05) is 48.0 Å². The number of amides is 1. The highest BCUT2D eigenvalue weighted by Gasteiger charge is 2.31. The molecule has 1 aliphatic heterocycles. The number of hydrogen-bond acceptors (Lipinski definition) is 4. The van der Waals surface area contributed by atoms with E-state index in [4.69, 9.17) is 5.10 Å². The van der Waals surface area contributed by atoms with Crippen molar-refractivity contribution in [2.75, 3.05) is 19.0 Å². The molecule has 0 atom stereocenters. The van der Waals surface area contributed by atoms with Gasteiger partial charge in [-0.25, -0.2) is 4.68 Å². The standard InChI is InChI=1S/C20H18N4OS/c1-13-8-10-14(11-9-13)17-12-26-20(21-2)24(17)22-18-15-6-4-5-7-16(15)23(3)19(18)25/h4-12H,1-3H3. The van der Waals surface area contributed by atoms with Crippen LogP contribution in [0.15, 0.2) is 64.0 Å². The maximum absolute atomic E-state index is 12.7. The van der Waals surface area contributed by atoms with E-state index in [1.54, 1.807) is 23.7 Å². The Morgan fingerprint density at radius 3 is 2.50 bits per heavy atom. The fraction of sp³-hybridized carbons (Fsp3) is 0.150. The summed E-state index contributed by atoms with van der Waals surface area (Å²) in [5.41, 5.74) is 5.31. The minimum absolute atomic E-state index is 0.109. The molecule has 3 aromatic rings. The third kappa shape index (κ3) is 2.59. The molecule has 0 spiro atoms. The van der Waals surface area contributed by atoms with E-state index in [2.05, 4.69) is 36.2 Å². The number of benzene rings is 2. The first-order chi connectivity index (χ1) is 12.6. The van der Waals surface area contributed by atoms with Crippen molar-refractivity contribution in [1.29, 1.82) is 0 Å². The molecule has 0 aliphatic carbocycles. The summed E-state index contributed by atoms with van der Waals surface area (Å²) in [6, 6.07) is 16.0. The Kier molecular flexibility index (Phi) is 4.05. The number of carbonyl (C=O) groups excluding carboxylic acids is 1. The highest BCUT2D eigenvalue weighted by molar-refractivity contribution is 7.07. The number of nitrogens with zero attached hydrogens (tertiary/aromatic N) is 4. The molecule has 0 unspecified atom stereocenters. The molecule has 0 bridgehead atoms. The molecule has 0 saturated heterocycles. The van der Waals surface area contributed by atoms with Gasteiger partial charge in [0.05, 0.1) is 11.4 Å². The van der Waals surface area contributed by atoms with Crippen molar-refractivity contribution in [3.8, 4) is 11.3 Å². The van der Waals surface area contributed by atoms with E-state index in [-0.39, 0.29) is 5.91 Å². The summed E-state index contributed by atoms with van der Waals surface area (Å²) in [5, 5.41) is 6.74. The summed E-state index contributed by atoms with van der Waals surface area (Å²) < 4.78 is 1.76. The largest absolute Gasteiger partial charge is 0.309 e. The lowest BCUT2D eigenvalue weighted by atomic mass is 10.1. The molecule has 0 fully saturated rings. The molecule has 6 heteroatoms. The van der Waals surface area contributed by atoms with Crippen LogP contribution >= 0.6 is 11.3 Å². The van der Waals surface area contributed by atoms with Crippen molar-refractivity contribution in [3.63, 3.8) is 0 Å². The van der Waals surface area contributed by atoms with Gasteiger partial charge in [0, 0.05) is 30.6 Å². The summed E-state index contributed by atoms with van der Waals surface area (Å²) in [7, 11) is 3.51. The van der Waals surface area contributed by atoms with Crippen LogP contribution in [0.1, 0.15) is 11.1 Å². The molecule has 1 amide bonds. The molecule has 4 rings (SSSR count). The first kappa shape index (κ1) is 16.5. The third-order valence-corrected chi connectivity index (χ3v) is 5.36. The van der Waals surface area contributed by atoms with Crippen LogP contribution in [-0.2, 0) is 4.79 Å². The first-order valence-electron chi connectivity index (χ1n) is 8.27. The van der Waals surface area contributed by atoms with Gasteiger partial charge in [-0.2, -0.15) is 5.10 Å². The molecule has 5 nitrogen and oxygen atoms in total. The average Bonchev–Trinajstić information content (AvgIpc) is 3.17. The quantitative estimate of drug-likeness (QED) is 0.690. The van der Waals surface area contributed by atoms with Gasteiger partial charge in [0.25, 0.3) is 5.91 Å². The number of likely N-dealkylation sites (N-methyl/N-ethyl adjacent to an activating group) is 1. The lowest BCUT2D eigenvalue weighted by Gasteiger charge is -2.07. The summed E-state index contributed by atoms with van der Waals surface area (Å²) in [6.07, 6.45) is 0. The first-order valence-corrected chi connectivity index (χ1v) is 9.15. The predicted molar refractivity (Wildman–Crippen MR) is 106 cm³/mol. The van der Waals surface area contributed by atoms with E-state index in [0.717, 1.165) is 27.3 Å². The molecule has 26 heavy (non-hydrogen) atoms. The topological polar surface area (TPSA) is 50.0 Å². The summed E-state index contributed by atoms with van der Waals surface area (Å²) in [6.45, 7) is 2.06. The minimum atomic E-state index is -0.109. The molecular weight excluding hydrogens is 344 g/mol. The van der Waals surface area contributed by atoms with Gasteiger partial charge < -0.3 is 4.90 Å². The number of fused-ring (bicyclic) bond motifs is 1. The van der Waals surface area contributed by atoms with Gasteiger partial charge in [-0.15, -0.1) is 11.3 Å². The molecule has 0 N–H and O–H groups in total. The number of rotatable bonds is 2. The van der Waals surface area contributed by atoms with Gasteiger partial charge in [-0.05, 0) is 13.0 Å². The second kappa shape index (κ2) is 6.38. The SMILES string of the molecule is CN=c1scc(-c2ccc(C)cc2)n1N=C1C(=O)N(C)c2ccccc21. The normalized spacial score (nSPS) is 15.8. The number of aryl methyl sites for hydroxylation is 1. The maximum Gasteiger partial charge on any atom is 0.279 e. The second-order valence-electron chi connectivity index (χ2n) is 6.13. The Morgan fingerprint density at radius 1 is 1.04 bits per heavy atom. The Balaban J connectivity index is 1.92. The molecule has 2 heterocycles. The molecule has 2 aromatic carbocycles. The number of thiazole rings is 1. The van der Waals surface area contributed by atoms with E-state index in [1.807, 2.05) is 29.6 Å². The van der Waals surface area contributed by atoms with Crippen LogP contribution in [0.25, 0.3) is 11.3 Å². The molecule has 0 saturated carbocycles. The minimum Gasteiger partial charge on any atom is -0.309 e. The molecule has 130 valence electrons. The van der Waals surface area contributed by atoms with Crippen molar-refractivity contribution in [1.82, 2.24) is 4.68 Å². The maximum atomic E-state index is 12.7. The van der Waals surface area contributed by atoms with Crippen molar-refractivity contribution in [3.05, 3.63) is 69.8 Å². The van der Waals surface area contributed by atoms with Gasteiger partial charge in [0.2, 0.25) is 4.80 Å². The summed E-state index contributed by atoms with van der Waals surface area (Å²) in [4.78, 5) is 19.4. The highest BCUT2D eigenvalue weighted by Crippen LogP contribution is 2.28. The Labute approximate surface area is 155 Å².